The fourth-order valence-corrected chi connectivity index (χ4v) is 2.31. The molecule has 19 heavy (non-hydrogen) atoms. The predicted octanol–water partition coefficient (Wildman–Crippen LogP) is 2.71. The largest absolute Gasteiger partial charge is 0.396 e. The maximum atomic E-state index is 13.0. The van der Waals surface area contributed by atoms with Crippen molar-refractivity contribution in [1.82, 2.24) is 5.32 Å². The molecule has 0 saturated carbocycles. The van der Waals surface area contributed by atoms with Gasteiger partial charge in [0.25, 0.3) is 0 Å². The molecule has 2 amide bonds. The molecule has 0 aliphatic carbocycles. The normalized spacial score (nSPS) is 12.0. The zero-order valence-electron chi connectivity index (χ0n) is 10.5. The zero-order chi connectivity index (χ0) is 14.3. The maximum absolute atomic E-state index is 13.0. The van der Waals surface area contributed by atoms with Crippen molar-refractivity contribution in [2.24, 2.45) is 0 Å². The van der Waals surface area contributed by atoms with Crippen molar-refractivity contribution >= 4 is 35.1 Å². The summed E-state index contributed by atoms with van der Waals surface area (Å²) >= 11 is 7.20. The highest BCUT2D eigenvalue weighted by Crippen LogP contribution is 2.19. The summed E-state index contributed by atoms with van der Waals surface area (Å²) in [6, 6.07) is 3.43. The van der Waals surface area contributed by atoms with Crippen molar-refractivity contribution in [3.8, 4) is 0 Å². The number of amides is 2. The fourth-order valence-electron chi connectivity index (χ4n) is 1.48. The molecule has 1 unspecified atom stereocenters. The minimum atomic E-state index is -0.534. The Morgan fingerprint density at radius 1 is 1.58 bits per heavy atom. The first-order chi connectivity index (χ1) is 9.06. The highest BCUT2D eigenvalue weighted by Gasteiger charge is 2.11. The van der Waals surface area contributed by atoms with Crippen LogP contribution in [0.2, 0.25) is 5.02 Å². The van der Waals surface area contributed by atoms with E-state index in [-0.39, 0.29) is 17.7 Å². The smallest absolute Gasteiger partial charge is 0.319 e. The maximum Gasteiger partial charge on any atom is 0.319 e. The number of aliphatic hydroxyl groups excluding tert-OH is 1. The number of carbonyl (C=O) groups excluding carboxylic acids is 1. The summed E-state index contributed by atoms with van der Waals surface area (Å²) in [6.45, 7) is 0.00782. The molecule has 1 aromatic carbocycles. The highest BCUT2D eigenvalue weighted by molar-refractivity contribution is 7.98. The van der Waals surface area contributed by atoms with E-state index in [2.05, 4.69) is 10.6 Å². The summed E-state index contributed by atoms with van der Waals surface area (Å²) < 4.78 is 13.0. The molecule has 0 aliphatic rings. The summed E-state index contributed by atoms with van der Waals surface area (Å²) in [6.07, 6.45) is 2.40. The van der Waals surface area contributed by atoms with Crippen LogP contribution in [0.3, 0.4) is 0 Å². The van der Waals surface area contributed by atoms with E-state index in [0.717, 1.165) is 0 Å². The molecule has 1 rings (SSSR count). The number of thioether (sulfide) groups is 1. The van der Waals surface area contributed by atoms with Crippen molar-refractivity contribution in [3.05, 3.63) is 29.0 Å². The summed E-state index contributed by atoms with van der Waals surface area (Å²) in [5, 5.41) is 14.1. The van der Waals surface area contributed by atoms with E-state index in [9.17, 15) is 9.18 Å². The molecule has 1 aromatic rings. The second-order valence-corrected chi connectivity index (χ2v) is 5.21. The van der Waals surface area contributed by atoms with Gasteiger partial charge in [-0.05, 0) is 30.9 Å². The molecule has 4 nitrogen and oxygen atoms in total. The molecule has 0 radical (unpaired) electrons. The Balaban J connectivity index is 2.55. The van der Waals surface area contributed by atoms with Crippen molar-refractivity contribution in [3.63, 3.8) is 0 Å². The predicted molar refractivity (Wildman–Crippen MR) is 77.4 cm³/mol. The number of hydrogen-bond acceptors (Lipinski definition) is 3. The van der Waals surface area contributed by atoms with Gasteiger partial charge in [-0.15, -0.1) is 0 Å². The van der Waals surface area contributed by atoms with Gasteiger partial charge in [0.1, 0.15) is 5.82 Å². The summed E-state index contributed by atoms with van der Waals surface area (Å²) in [7, 11) is 0. The van der Waals surface area contributed by atoms with Gasteiger partial charge in [-0.2, -0.15) is 11.8 Å². The van der Waals surface area contributed by atoms with Gasteiger partial charge < -0.3 is 15.7 Å². The van der Waals surface area contributed by atoms with Crippen LogP contribution in [-0.4, -0.2) is 35.8 Å². The monoisotopic (exact) mass is 306 g/mol. The Kier molecular flexibility index (Phi) is 6.97. The first-order valence-electron chi connectivity index (χ1n) is 5.69. The molecule has 7 heteroatoms. The van der Waals surface area contributed by atoms with E-state index >= 15 is 0 Å². The molecule has 0 aromatic heterocycles. The average Bonchev–Trinajstić information content (AvgIpc) is 2.34. The molecule has 0 aliphatic heterocycles. The van der Waals surface area contributed by atoms with Crippen LogP contribution < -0.4 is 10.6 Å². The summed E-state index contributed by atoms with van der Waals surface area (Å²) in [5.74, 6) is 0.172. The molecule has 0 spiro atoms. The number of nitrogens with one attached hydrogen (secondary N) is 2. The van der Waals surface area contributed by atoms with Gasteiger partial charge in [0.15, 0.2) is 0 Å². The van der Waals surface area contributed by atoms with Gasteiger partial charge in [0.05, 0.1) is 5.02 Å². The summed E-state index contributed by atoms with van der Waals surface area (Å²) in [5.41, 5.74) is 0.413. The van der Waals surface area contributed by atoms with Crippen LogP contribution in [0.25, 0.3) is 0 Å². The number of urea groups is 1. The zero-order valence-corrected chi connectivity index (χ0v) is 12.0. The average molecular weight is 307 g/mol. The number of hydrogen-bond donors (Lipinski definition) is 3. The molecule has 106 valence electrons. The van der Waals surface area contributed by atoms with Crippen molar-refractivity contribution in [1.29, 1.82) is 0 Å². The third kappa shape index (κ3) is 5.67. The van der Waals surface area contributed by atoms with Crippen LogP contribution in [-0.2, 0) is 0 Å². The second-order valence-electron chi connectivity index (χ2n) is 3.89. The molecule has 0 heterocycles. The Bertz CT molecular complexity index is 428. The van der Waals surface area contributed by atoms with Crippen LogP contribution in [0.1, 0.15) is 6.42 Å². The standard InChI is InChI=1S/C12H16ClFN2O2S/c1-19-7-9(4-5-17)16-12(18)15-8-2-3-11(14)10(13)6-8/h2-3,6,9,17H,4-5,7H2,1H3,(H2,15,16,18). The van der Waals surface area contributed by atoms with E-state index in [1.54, 1.807) is 11.8 Å². The number of benzene rings is 1. The molecule has 3 N–H and O–H groups in total. The Labute approximate surface area is 120 Å². The van der Waals surface area contributed by atoms with Crippen molar-refractivity contribution in [2.75, 3.05) is 23.9 Å². The number of anilines is 1. The Morgan fingerprint density at radius 3 is 2.89 bits per heavy atom. The molecule has 1 atom stereocenters. The van der Waals surface area contributed by atoms with Gasteiger partial charge >= 0.3 is 6.03 Å². The first-order valence-corrected chi connectivity index (χ1v) is 7.46. The molecular formula is C12H16ClFN2O2S. The van der Waals surface area contributed by atoms with Crippen molar-refractivity contribution < 1.29 is 14.3 Å². The van der Waals surface area contributed by atoms with Gasteiger partial charge in [-0.25, -0.2) is 9.18 Å². The quantitative estimate of drug-likeness (QED) is 0.757. The van der Waals surface area contributed by atoms with E-state index in [1.165, 1.54) is 18.2 Å². The number of aliphatic hydroxyl groups is 1. The first kappa shape index (κ1) is 16.1. The van der Waals surface area contributed by atoms with E-state index in [1.807, 2.05) is 6.26 Å². The lowest BCUT2D eigenvalue weighted by Gasteiger charge is -2.17. The van der Waals surface area contributed by atoms with Crippen LogP contribution in [0.5, 0.6) is 0 Å². The molecule has 0 bridgehead atoms. The third-order valence-electron chi connectivity index (χ3n) is 2.36. The van der Waals surface area contributed by atoms with E-state index in [0.29, 0.717) is 17.9 Å². The van der Waals surface area contributed by atoms with Gasteiger partial charge in [0, 0.05) is 24.1 Å². The second kappa shape index (κ2) is 8.24. The SMILES string of the molecule is CSCC(CCO)NC(=O)Nc1ccc(F)c(Cl)c1. The lowest BCUT2D eigenvalue weighted by Crippen LogP contribution is -2.40. The van der Waals surface area contributed by atoms with Crippen LogP contribution in [0.4, 0.5) is 14.9 Å². The number of carbonyl (C=O) groups is 1. The van der Waals surface area contributed by atoms with Crippen molar-refractivity contribution in [2.45, 2.75) is 12.5 Å². The van der Waals surface area contributed by atoms with Crippen LogP contribution in [0, 0.1) is 5.82 Å². The summed E-state index contributed by atoms with van der Waals surface area (Å²) in [4.78, 5) is 11.7. The fraction of sp³-hybridized carbons (Fsp3) is 0.417. The lowest BCUT2D eigenvalue weighted by atomic mass is 10.2. The Morgan fingerprint density at radius 2 is 2.32 bits per heavy atom. The topological polar surface area (TPSA) is 61.4 Å². The minimum Gasteiger partial charge on any atom is -0.396 e. The lowest BCUT2D eigenvalue weighted by molar-refractivity contribution is 0.241. The highest BCUT2D eigenvalue weighted by atomic mass is 35.5. The number of halogens is 2. The molecular weight excluding hydrogens is 291 g/mol. The van der Waals surface area contributed by atoms with E-state index < -0.39 is 11.8 Å². The van der Waals surface area contributed by atoms with Gasteiger partial charge in [0.2, 0.25) is 0 Å². The van der Waals surface area contributed by atoms with Gasteiger partial charge in [-0.1, -0.05) is 11.6 Å². The molecule has 0 saturated heterocycles. The molecule has 0 fully saturated rings. The minimum absolute atomic E-state index is 0.00782. The van der Waals surface area contributed by atoms with Crippen LogP contribution in [0.15, 0.2) is 18.2 Å². The Hall–Kier alpha value is -0.980. The third-order valence-corrected chi connectivity index (χ3v) is 3.38. The van der Waals surface area contributed by atoms with Gasteiger partial charge in [-0.3, -0.25) is 0 Å². The van der Waals surface area contributed by atoms with Crippen LogP contribution >= 0.6 is 23.4 Å². The number of rotatable bonds is 6. The van der Waals surface area contributed by atoms with E-state index in [4.69, 9.17) is 16.7 Å².